The molecule has 3 aliphatic rings. The molecule has 5 heteroatoms. The Balaban J connectivity index is 1.89. The van der Waals surface area contributed by atoms with Crippen molar-refractivity contribution in [3.05, 3.63) is 34.9 Å². The van der Waals surface area contributed by atoms with E-state index in [2.05, 4.69) is 17.4 Å². The average Bonchev–Trinajstić information content (AvgIpc) is 2.85. The zero-order chi connectivity index (χ0) is 19.0. The highest BCUT2D eigenvalue weighted by Crippen LogP contribution is 2.43. The first-order chi connectivity index (χ1) is 13.1. The Hall–Kier alpha value is -2.30. The second-order valence-electron chi connectivity index (χ2n) is 7.85. The first-order valence-corrected chi connectivity index (χ1v) is 10.1. The zero-order valence-corrected chi connectivity index (χ0v) is 16.2. The van der Waals surface area contributed by atoms with Crippen molar-refractivity contribution in [1.29, 1.82) is 0 Å². The molecule has 0 saturated carbocycles. The third kappa shape index (κ3) is 3.24. The molecule has 2 amide bonds. The number of likely N-dealkylation sites (tertiary alicyclic amines) is 1. The summed E-state index contributed by atoms with van der Waals surface area (Å²) in [4.78, 5) is 27.3. The van der Waals surface area contributed by atoms with Gasteiger partial charge in [0.05, 0.1) is 13.2 Å². The van der Waals surface area contributed by atoms with Crippen LogP contribution in [0.3, 0.4) is 0 Å². The number of fused-ring (bicyclic) bond motifs is 3. The van der Waals surface area contributed by atoms with Crippen LogP contribution in [-0.4, -0.2) is 43.0 Å². The topological polar surface area (TPSA) is 58.6 Å². The predicted molar refractivity (Wildman–Crippen MR) is 104 cm³/mol. The lowest BCUT2D eigenvalue weighted by Gasteiger charge is -2.38. The van der Waals surface area contributed by atoms with Crippen LogP contribution in [0, 0.1) is 5.92 Å². The largest absolute Gasteiger partial charge is 0.497 e. The first kappa shape index (κ1) is 18.1. The SMILES string of the molecule is COc1ccc2c(c1)CCC1CCNC(=O)C(C3CCCCN3C(C)=O)=C21. The van der Waals surface area contributed by atoms with Crippen molar-refractivity contribution >= 4 is 17.4 Å². The number of piperidine rings is 1. The number of allylic oxidation sites excluding steroid dienone is 1. The van der Waals surface area contributed by atoms with Gasteiger partial charge in [0.1, 0.15) is 5.75 Å². The van der Waals surface area contributed by atoms with Crippen LogP contribution in [0.2, 0.25) is 0 Å². The van der Waals surface area contributed by atoms with Crippen molar-refractivity contribution in [2.45, 2.75) is 51.5 Å². The molecule has 1 N–H and O–H groups in total. The molecule has 0 aromatic heterocycles. The number of benzene rings is 1. The smallest absolute Gasteiger partial charge is 0.249 e. The van der Waals surface area contributed by atoms with E-state index in [-0.39, 0.29) is 17.9 Å². The number of rotatable bonds is 2. The third-order valence-electron chi connectivity index (χ3n) is 6.33. The Morgan fingerprint density at radius 3 is 2.81 bits per heavy atom. The van der Waals surface area contributed by atoms with Crippen LogP contribution >= 0.6 is 0 Å². The zero-order valence-electron chi connectivity index (χ0n) is 16.2. The minimum absolute atomic E-state index is 0.00863. The Bertz CT molecular complexity index is 799. The number of aryl methyl sites for hydroxylation is 1. The second-order valence-corrected chi connectivity index (χ2v) is 7.85. The molecule has 0 spiro atoms. The lowest BCUT2D eigenvalue weighted by molar-refractivity contribution is -0.132. The number of methoxy groups -OCH3 is 1. The molecule has 2 aliphatic heterocycles. The molecule has 2 unspecified atom stereocenters. The monoisotopic (exact) mass is 368 g/mol. The Morgan fingerprint density at radius 2 is 2.04 bits per heavy atom. The summed E-state index contributed by atoms with van der Waals surface area (Å²) < 4.78 is 5.41. The molecular formula is C22H28N2O3. The normalized spacial score (nSPS) is 25.3. The van der Waals surface area contributed by atoms with Crippen molar-refractivity contribution < 1.29 is 14.3 Å². The number of carbonyl (C=O) groups excluding carboxylic acids is 2. The molecule has 2 heterocycles. The number of nitrogens with one attached hydrogen (secondary N) is 1. The fourth-order valence-electron chi connectivity index (χ4n) is 5.03. The summed E-state index contributed by atoms with van der Waals surface area (Å²) >= 11 is 0. The summed E-state index contributed by atoms with van der Waals surface area (Å²) in [5, 5.41) is 3.10. The lowest BCUT2D eigenvalue weighted by Crippen LogP contribution is -2.47. The maximum Gasteiger partial charge on any atom is 0.249 e. The van der Waals surface area contributed by atoms with Crippen LogP contribution in [-0.2, 0) is 16.0 Å². The highest BCUT2D eigenvalue weighted by Gasteiger charge is 2.38. The number of amides is 2. The molecule has 1 saturated heterocycles. The van der Waals surface area contributed by atoms with Crippen LogP contribution in [0.25, 0.3) is 5.57 Å². The molecule has 0 radical (unpaired) electrons. The molecule has 5 nitrogen and oxygen atoms in total. The number of carbonyl (C=O) groups is 2. The van der Waals surface area contributed by atoms with E-state index in [1.165, 1.54) is 16.7 Å². The Labute approximate surface area is 160 Å². The number of ether oxygens (including phenoxy) is 1. The van der Waals surface area contributed by atoms with Crippen molar-refractivity contribution in [3.63, 3.8) is 0 Å². The quantitative estimate of drug-likeness (QED) is 0.873. The van der Waals surface area contributed by atoms with E-state index in [0.717, 1.165) is 56.4 Å². The average molecular weight is 368 g/mol. The highest BCUT2D eigenvalue weighted by atomic mass is 16.5. The molecule has 2 atom stereocenters. The maximum absolute atomic E-state index is 13.1. The minimum Gasteiger partial charge on any atom is -0.497 e. The van der Waals surface area contributed by atoms with Gasteiger partial charge in [-0.3, -0.25) is 9.59 Å². The van der Waals surface area contributed by atoms with Crippen molar-refractivity contribution in [3.8, 4) is 5.75 Å². The van der Waals surface area contributed by atoms with E-state index in [4.69, 9.17) is 4.74 Å². The van der Waals surface area contributed by atoms with Gasteiger partial charge in [-0.05, 0) is 73.3 Å². The van der Waals surface area contributed by atoms with E-state index in [1.807, 2.05) is 11.0 Å². The molecule has 27 heavy (non-hydrogen) atoms. The number of hydrogen-bond donors (Lipinski definition) is 1. The van der Waals surface area contributed by atoms with Crippen LogP contribution in [0.4, 0.5) is 0 Å². The van der Waals surface area contributed by atoms with Crippen molar-refractivity contribution in [2.24, 2.45) is 5.92 Å². The summed E-state index contributed by atoms with van der Waals surface area (Å²) in [7, 11) is 1.68. The maximum atomic E-state index is 13.1. The molecule has 0 bridgehead atoms. The van der Waals surface area contributed by atoms with Gasteiger partial charge in [0.2, 0.25) is 11.8 Å². The summed E-state index contributed by atoms with van der Waals surface area (Å²) in [6.07, 6.45) is 5.94. The van der Waals surface area contributed by atoms with Gasteiger partial charge in [0, 0.05) is 25.6 Å². The summed E-state index contributed by atoms with van der Waals surface area (Å²) in [5.41, 5.74) is 4.43. The standard InChI is InChI=1S/C22H28N2O3/c1-14(25)24-12-4-3-5-19(24)21-20-15(10-11-23-22(21)26)6-7-16-13-17(27-2)8-9-18(16)20/h8-9,13,15,19H,3-7,10-12H2,1-2H3,(H,23,26). The molecule has 1 fully saturated rings. The van der Waals surface area contributed by atoms with Gasteiger partial charge in [0.25, 0.3) is 0 Å². The Kier molecular flexibility index (Phi) is 4.94. The van der Waals surface area contributed by atoms with Crippen LogP contribution in [0.1, 0.15) is 50.2 Å². The highest BCUT2D eigenvalue weighted by molar-refractivity contribution is 6.04. The van der Waals surface area contributed by atoms with E-state index in [1.54, 1.807) is 14.0 Å². The second kappa shape index (κ2) is 7.37. The third-order valence-corrected chi connectivity index (χ3v) is 6.33. The van der Waals surface area contributed by atoms with Crippen LogP contribution in [0.5, 0.6) is 5.75 Å². The van der Waals surface area contributed by atoms with Crippen molar-refractivity contribution in [2.75, 3.05) is 20.2 Å². The fourth-order valence-corrected chi connectivity index (χ4v) is 5.03. The van der Waals surface area contributed by atoms with Gasteiger partial charge >= 0.3 is 0 Å². The van der Waals surface area contributed by atoms with Gasteiger partial charge in [-0.2, -0.15) is 0 Å². The predicted octanol–water partition coefficient (Wildman–Crippen LogP) is 2.93. The van der Waals surface area contributed by atoms with Crippen LogP contribution in [0.15, 0.2) is 23.8 Å². The fraction of sp³-hybridized carbons (Fsp3) is 0.545. The molecule has 4 rings (SSSR count). The first-order valence-electron chi connectivity index (χ1n) is 10.1. The summed E-state index contributed by atoms with van der Waals surface area (Å²) in [6.45, 7) is 3.06. The molecule has 1 aromatic rings. The number of hydrogen-bond acceptors (Lipinski definition) is 3. The lowest BCUT2D eigenvalue weighted by atomic mass is 9.74. The molecule has 144 valence electrons. The van der Waals surface area contributed by atoms with Gasteiger partial charge in [0.15, 0.2) is 0 Å². The van der Waals surface area contributed by atoms with Gasteiger partial charge in [-0.15, -0.1) is 0 Å². The van der Waals surface area contributed by atoms with Crippen LogP contribution < -0.4 is 10.1 Å². The van der Waals surface area contributed by atoms with Gasteiger partial charge in [-0.1, -0.05) is 6.07 Å². The number of nitrogens with zero attached hydrogens (tertiary/aromatic N) is 1. The van der Waals surface area contributed by atoms with Gasteiger partial charge < -0.3 is 15.0 Å². The van der Waals surface area contributed by atoms with E-state index in [9.17, 15) is 9.59 Å². The molecule has 1 aliphatic carbocycles. The van der Waals surface area contributed by atoms with E-state index >= 15 is 0 Å². The van der Waals surface area contributed by atoms with E-state index in [0.29, 0.717) is 12.5 Å². The van der Waals surface area contributed by atoms with Gasteiger partial charge in [-0.25, -0.2) is 0 Å². The Morgan fingerprint density at radius 1 is 1.19 bits per heavy atom. The summed E-state index contributed by atoms with van der Waals surface area (Å²) in [6, 6.07) is 6.08. The molecular weight excluding hydrogens is 340 g/mol. The molecule has 1 aromatic carbocycles. The van der Waals surface area contributed by atoms with E-state index < -0.39 is 0 Å². The summed E-state index contributed by atoms with van der Waals surface area (Å²) in [5.74, 6) is 1.30. The van der Waals surface area contributed by atoms with Crippen molar-refractivity contribution in [1.82, 2.24) is 10.2 Å². The minimum atomic E-state index is -0.111.